The minimum absolute atomic E-state index is 0.0343. The van der Waals surface area contributed by atoms with Crippen LogP contribution >= 0.6 is 23.2 Å². The van der Waals surface area contributed by atoms with Gasteiger partial charge in [0.2, 0.25) is 0 Å². The van der Waals surface area contributed by atoms with Gasteiger partial charge in [-0.15, -0.1) is 0 Å². The fraction of sp³-hybridized carbons (Fsp3) is 0.320. The summed E-state index contributed by atoms with van der Waals surface area (Å²) in [4.78, 5) is 25.2. The molecule has 36 heavy (non-hydrogen) atoms. The molecule has 4 rings (SSSR count). The predicted octanol–water partition coefficient (Wildman–Crippen LogP) is 4.12. The first kappa shape index (κ1) is 25.8. The first-order chi connectivity index (χ1) is 17.3. The minimum atomic E-state index is -0.555. The van der Waals surface area contributed by atoms with E-state index in [0.29, 0.717) is 46.4 Å². The fourth-order valence-corrected chi connectivity index (χ4v) is 4.70. The van der Waals surface area contributed by atoms with Gasteiger partial charge >= 0.3 is 0 Å². The summed E-state index contributed by atoms with van der Waals surface area (Å²) in [7, 11) is 1.51. The molecule has 0 aliphatic carbocycles. The molecule has 2 aliphatic rings. The Morgan fingerprint density at radius 1 is 1.22 bits per heavy atom. The largest absolute Gasteiger partial charge is 0.494 e. The van der Waals surface area contributed by atoms with Crippen molar-refractivity contribution in [2.45, 2.75) is 19.4 Å². The van der Waals surface area contributed by atoms with Crippen molar-refractivity contribution in [3.63, 3.8) is 0 Å². The number of rotatable bonds is 6. The standard InChI is InChI=1S/C25H27Cl2FN6O2/c1-36-21-12-15(25(35)33-9-2-3-10-33)4-7-19(21)32-22(29)13-20-24(30)31-8-11-34(20)14-16-17(26)5-6-18(28)23(16)27/h4-7,12-13H,2-3,8-11,14H2,1H3,(H2,29,32)(H2,30,31)/b20-13+. The summed E-state index contributed by atoms with van der Waals surface area (Å²) in [5.74, 6) is 0.236. The van der Waals surface area contributed by atoms with E-state index in [1.165, 1.54) is 19.2 Å². The summed E-state index contributed by atoms with van der Waals surface area (Å²) >= 11 is 12.4. The Hall–Kier alpha value is -3.30. The Morgan fingerprint density at radius 3 is 2.69 bits per heavy atom. The Bertz CT molecular complexity index is 1260. The summed E-state index contributed by atoms with van der Waals surface area (Å²) in [6, 6.07) is 7.74. The highest BCUT2D eigenvalue weighted by atomic mass is 35.5. The van der Waals surface area contributed by atoms with Crippen molar-refractivity contribution in [2.75, 3.05) is 33.3 Å². The number of carbonyl (C=O) groups is 1. The lowest BCUT2D eigenvalue weighted by Gasteiger charge is -2.30. The van der Waals surface area contributed by atoms with Gasteiger partial charge in [0, 0.05) is 48.4 Å². The maximum Gasteiger partial charge on any atom is 0.253 e. The molecule has 0 unspecified atom stereocenters. The van der Waals surface area contributed by atoms with Crippen molar-refractivity contribution >= 4 is 46.5 Å². The van der Waals surface area contributed by atoms with Crippen LogP contribution in [0, 0.1) is 5.82 Å². The molecule has 0 aromatic heterocycles. The Balaban J connectivity index is 1.61. The maximum absolute atomic E-state index is 14.0. The van der Waals surface area contributed by atoms with Gasteiger partial charge in [0.05, 0.1) is 24.4 Å². The van der Waals surface area contributed by atoms with Crippen molar-refractivity contribution in [3.05, 3.63) is 69.1 Å². The topological polar surface area (TPSA) is 110 Å². The first-order valence-electron chi connectivity index (χ1n) is 11.5. The Morgan fingerprint density at radius 2 is 1.97 bits per heavy atom. The van der Waals surface area contributed by atoms with Crippen LogP contribution < -0.4 is 16.2 Å². The number of nitrogens with zero attached hydrogens (tertiary/aromatic N) is 4. The van der Waals surface area contributed by atoms with E-state index in [1.54, 1.807) is 24.3 Å². The van der Waals surface area contributed by atoms with Crippen LogP contribution in [0.4, 0.5) is 10.1 Å². The lowest BCUT2D eigenvalue weighted by molar-refractivity contribution is 0.0792. The van der Waals surface area contributed by atoms with Crippen molar-refractivity contribution in [3.8, 4) is 5.75 Å². The number of aliphatic imine (C=N–C) groups is 2. The zero-order chi connectivity index (χ0) is 25.8. The Kier molecular flexibility index (Phi) is 8.01. The molecule has 2 aromatic carbocycles. The SMILES string of the molecule is COc1cc(C(=O)N2CCCC2)ccc1N=C(N)/C=C1\C(N)=NCCN1Cc1c(Cl)ccc(F)c1Cl. The lowest BCUT2D eigenvalue weighted by atomic mass is 10.1. The van der Waals surface area contributed by atoms with E-state index < -0.39 is 5.82 Å². The van der Waals surface area contributed by atoms with Crippen molar-refractivity contribution in [1.82, 2.24) is 9.80 Å². The molecule has 2 aliphatic heterocycles. The van der Waals surface area contributed by atoms with Gasteiger partial charge in [-0.2, -0.15) is 0 Å². The highest BCUT2D eigenvalue weighted by Crippen LogP contribution is 2.31. The quantitative estimate of drug-likeness (QED) is 0.330. The zero-order valence-corrected chi connectivity index (χ0v) is 21.3. The van der Waals surface area contributed by atoms with Crippen LogP contribution in [-0.2, 0) is 6.54 Å². The molecule has 0 saturated carbocycles. The number of likely N-dealkylation sites (tertiary alicyclic amines) is 1. The molecule has 0 spiro atoms. The van der Waals surface area contributed by atoms with Crippen LogP contribution in [-0.4, -0.2) is 60.7 Å². The molecule has 0 bridgehead atoms. The van der Waals surface area contributed by atoms with E-state index in [0.717, 1.165) is 25.9 Å². The summed E-state index contributed by atoms with van der Waals surface area (Å²) in [5.41, 5.74) is 14.4. The average molecular weight is 533 g/mol. The van der Waals surface area contributed by atoms with Crippen LogP contribution in [0.15, 0.2) is 52.1 Å². The molecule has 2 heterocycles. The molecule has 2 aromatic rings. The second-order valence-electron chi connectivity index (χ2n) is 8.46. The van der Waals surface area contributed by atoms with Gasteiger partial charge in [-0.25, -0.2) is 9.38 Å². The molecule has 8 nitrogen and oxygen atoms in total. The zero-order valence-electron chi connectivity index (χ0n) is 19.8. The van der Waals surface area contributed by atoms with E-state index in [9.17, 15) is 9.18 Å². The molecule has 0 radical (unpaired) electrons. The summed E-state index contributed by atoms with van der Waals surface area (Å²) in [6.07, 6.45) is 3.61. The molecule has 1 fully saturated rings. The number of hydrogen-bond donors (Lipinski definition) is 2. The fourth-order valence-electron chi connectivity index (χ4n) is 4.21. The molecule has 11 heteroatoms. The van der Waals surface area contributed by atoms with Gasteiger partial charge in [0.1, 0.15) is 28.9 Å². The molecule has 4 N–H and O–H groups in total. The van der Waals surface area contributed by atoms with E-state index in [1.807, 2.05) is 9.80 Å². The molecule has 1 amide bonds. The Labute approximate surface area is 219 Å². The number of benzene rings is 2. The minimum Gasteiger partial charge on any atom is -0.494 e. The number of halogens is 3. The van der Waals surface area contributed by atoms with E-state index in [2.05, 4.69) is 9.98 Å². The van der Waals surface area contributed by atoms with Crippen molar-refractivity contribution in [1.29, 1.82) is 0 Å². The van der Waals surface area contributed by atoms with E-state index >= 15 is 0 Å². The second kappa shape index (κ2) is 11.2. The monoisotopic (exact) mass is 532 g/mol. The van der Waals surface area contributed by atoms with Crippen molar-refractivity contribution in [2.24, 2.45) is 21.5 Å². The second-order valence-corrected chi connectivity index (χ2v) is 9.25. The average Bonchev–Trinajstić information content (AvgIpc) is 3.41. The summed E-state index contributed by atoms with van der Waals surface area (Å²) < 4.78 is 19.5. The number of hydrogen-bond acceptors (Lipinski definition) is 6. The third-order valence-corrected chi connectivity index (χ3v) is 6.86. The third kappa shape index (κ3) is 5.57. The molecule has 1 saturated heterocycles. The van der Waals surface area contributed by atoms with Crippen LogP contribution in [0.2, 0.25) is 10.0 Å². The lowest BCUT2D eigenvalue weighted by Crippen LogP contribution is -2.38. The van der Waals surface area contributed by atoms with Crippen molar-refractivity contribution < 1.29 is 13.9 Å². The first-order valence-corrected chi connectivity index (χ1v) is 12.2. The number of amidine groups is 2. The smallest absolute Gasteiger partial charge is 0.253 e. The highest BCUT2D eigenvalue weighted by molar-refractivity contribution is 6.36. The van der Waals surface area contributed by atoms with Gasteiger partial charge < -0.3 is 26.0 Å². The highest BCUT2D eigenvalue weighted by Gasteiger charge is 2.23. The van der Waals surface area contributed by atoms with Crippen LogP contribution in [0.3, 0.4) is 0 Å². The summed E-state index contributed by atoms with van der Waals surface area (Å²) in [5, 5.41) is 0.301. The third-order valence-electron chi connectivity index (χ3n) is 6.10. The van der Waals surface area contributed by atoms with Gasteiger partial charge in [0.25, 0.3) is 5.91 Å². The van der Waals surface area contributed by atoms with E-state index in [-0.39, 0.29) is 29.1 Å². The van der Waals surface area contributed by atoms with E-state index in [4.69, 9.17) is 39.4 Å². The van der Waals surface area contributed by atoms with Gasteiger partial charge in [0.15, 0.2) is 0 Å². The van der Waals surface area contributed by atoms with Crippen LogP contribution in [0.1, 0.15) is 28.8 Å². The number of ether oxygens (including phenoxy) is 1. The molecular formula is C25H27Cl2FN6O2. The van der Waals surface area contributed by atoms with Gasteiger partial charge in [-0.1, -0.05) is 23.2 Å². The molecular weight excluding hydrogens is 506 g/mol. The number of amides is 1. The maximum atomic E-state index is 14.0. The van der Waals surface area contributed by atoms with Crippen LogP contribution in [0.5, 0.6) is 5.75 Å². The van der Waals surface area contributed by atoms with Gasteiger partial charge in [-0.05, 0) is 43.2 Å². The molecule has 190 valence electrons. The predicted molar refractivity (Wildman–Crippen MR) is 141 cm³/mol. The van der Waals surface area contributed by atoms with Crippen LogP contribution in [0.25, 0.3) is 0 Å². The normalized spacial score (nSPS) is 17.5. The summed E-state index contributed by atoms with van der Waals surface area (Å²) in [6.45, 7) is 2.67. The number of methoxy groups -OCH3 is 1. The van der Waals surface area contributed by atoms with Gasteiger partial charge in [-0.3, -0.25) is 9.79 Å². The molecule has 0 atom stereocenters. The number of carbonyl (C=O) groups excluding carboxylic acids is 1. The number of nitrogens with two attached hydrogens (primary N) is 2.